The zero-order chi connectivity index (χ0) is 23.4. The highest BCUT2D eigenvalue weighted by atomic mass is 32.2. The van der Waals surface area contributed by atoms with Crippen molar-refractivity contribution in [3.05, 3.63) is 47.8 Å². The van der Waals surface area contributed by atoms with Crippen LogP contribution < -0.4 is 5.73 Å². The van der Waals surface area contributed by atoms with Crippen molar-refractivity contribution in [1.82, 2.24) is 9.88 Å². The number of alkyl halides is 6. The molecule has 0 atom stereocenters. The Morgan fingerprint density at radius 2 is 1.61 bits per heavy atom. The summed E-state index contributed by atoms with van der Waals surface area (Å²) in [4.78, 5) is 15.5. The molecule has 1 fully saturated rings. The van der Waals surface area contributed by atoms with Crippen LogP contribution in [0.15, 0.2) is 46.3 Å². The quantitative estimate of drug-likeness (QED) is 0.667. The normalized spacial score (nSPS) is 16.7. The van der Waals surface area contributed by atoms with Crippen LogP contribution in [0.1, 0.15) is 16.1 Å². The molecule has 7 nitrogen and oxygen atoms in total. The fourth-order valence-electron chi connectivity index (χ4n) is 2.80. The SMILES string of the molecule is Nc1cc(S(=O)(=O)c2ccc(C(F)(F)F)cc2)cnc1C(=O)N1CC(O)(C(F)(F)F)C1. The predicted octanol–water partition coefficient (Wildman–Crippen LogP) is 2.26. The fraction of sp³-hybridized carbons (Fsp3) is 0.294. The summed E-state index contributed by atoms with van der Waals surface area (Å²) < 4.78 is 101. The summed E-state index contributed by atoms with van der Waals surface area (Å²) >= 11 is 0. The molecule has 2 heterocycles. The maximum Gasteiger partial charge on any atom is 0.420 e. The van der Waals surface area contributed by atoms with Gasteiger partial charge in [-0.2, -0.15) is 26.3 Å². The topological polar surface area (TPSA) is 114 Å². The molecule has 0 unspecified atom stereocenters. The number of likely N-dealkylation sites (tertiary alicyclic amines) is 1. The van der Waals surface area contributed by atoms with Gasteiger partial charge in [0.15, 0.2) is 11.3 Å². The van der Waals surface area contributed by atoms with Gasteiger partial charge in [0.2, 0.25) is 9.84 Å². The number of nitrogen functional groups attached to an aromatic ring is 1. The van der Waals surface area contributed by atoms with Crippen LogP contribution >= 0.6 is 0 Å². The molecule has 0 radical (unpaired) electrons. The highest BCUT2D eigenvalue weighted by molar-refractivity contribution is 7.91. The minimum absolute atomic E-state index is 0.472. The van der Waals surface area contributed by atoms with Gasteiger partial charge in [-0.3, -0.25) is 4.79 Å². The van der Waals surface area contributed by atoms with Crippen LogP contribution in [0.2, 0.25) is 0 Å². The van der Waals surface area contributed by atoms with Crippen molar-refractivity contribution in [3.63, 3.8) is 0 Å². The van der Waals surface area contributed by atoms with Gasteiger partial charge in [-0.1, -0.05) is 0 Å². The van der Waals surface area contributed by atoms with Crippen molar-refractivity contribution in [3.8, 4) is 0 Å². The number of hydrogen-bond acceptors (Lipinski definition) is 6. The van der Waals surface area contributed by atoms with Crippen molar-refractivity contribution in [2.75, 3.05) is 18.8 Å². The van der Waals surface area contributed by atoms with Crippen LogP contribution in [0.5, 0.6) is 0 Å². The zero-order valence-corrected chi connectivity index (χ0v) is 16.0. The average molecular weight is 469 g/mol. The molecule has 1 aromatic heterocycles. The van der Waals surface area contributed by atoms with Gasteiger partial charge in [0.25, 0.3) is 5.91 Å². The number of halogens is 6. The van der Waals surface area contributed by atoms with E-state index in [1.165, 1.54) is 0 Å². The summed E-state index contributed by atoms with van der Waals surface area (Å²) in [6, 6.07) is 3.46. The van der Waals surface area contributed by atoms with Crippen molar-refractivity contribution < 1.29 is 44.7 Å². The number of anilines is 1. The zero-order valence-electron chi connectivity index (χ0n) is 15.2. The molecular weight excluding hydrogens is 456 g/mol. The molecule has 1 saturated heterocycles. The average Bonchev–Trinajstić information content (AvgIpc) is 2.63. The van der Waals surface area contributed by atoms with Gasteiger partial charge < -0.3 is 15.7 Å². The fourth-order valence-corrected chi connectivity index (χ4v) is 4.04. The summed E-state index contributed by atoms with van der Waals surface area (Å²) in [5.74, 6) is -1.05. The Bertz CT molecular complexity index is 1120. The summed E-state index contributed by atoms with van der Waals surface area (Å²) in [6.45, 7) is -2.08. The molecule has 1 aromatic carbocycles. The van der Waals surface area contributed by atoms with Gasteiger partial charge in [-0.15, -0.1) is 0 Å². The second kappa shape index (κ2) is 7.09. The molecule has 31 heavy (non-hydrogen) atoms. The minimum atomic E-state index is -4.94. The lowest BCUT2D eigenvalue weighted by molar-refractivity contribution is -0.294. The minimum Gasteiger partial charge on any atom is -0.397 e. The summed E-state index contributed by atoms with van der Waals surface area (Å²) in [5.41, 5.74) is 0.527. The van der Waals surface area contributed by atoms with Crippen LogP contribution in [0.25, 0.3) is 0 Å². The monoisotopic (exact) mass is 469 g/mol. The van der Waals surface area contributed by atoms with Gasteiger partial charge >= 0.3 is 12.4 Å². The lowest BCUT2D eigenvalue weighted by Crippen LogP contribution is -2.70. The number of pyridine rings is 1. The molecule has 1 amide bonds. The lowest BCUT2D eigenvalue weighted by Gasteiger charge is -2.46. The molecule has 1 aliphatic rings. The number of nitrogens with two attached hydrogens (primary N) is 1. The molecular formula is C17H13F6N3O4S. The van der Waals surface area contributed by atoms with E-state index in [0.717, 1.165) is 18.2 Å². The second-order valence-corrected chi connectivity index (χ2v) is 8.77. The molecule has 0 bridgehead atoms. The number of sulfone groups is 1. The molecule has 1 aliphatic heterocycles. The van der Waals surface area contributed by atoms with Crippen LogP contribution in [0.4, 0.5) is 32.0 Å². The van der Waals surface area contributed by atoms with E-state index < -0.39 is 73.5 Å². The number of amides is 1. The molecule has 2 aromatic rings. The maximum atomic E-state index is 12.7. The number of β-amino-alcohol motifs (C(OH)–C–C–N with tert-alkyl or cyclic N) is 1. The molecule has 14 heteroatoms. The third-order valence-corrected chi connectivity index (χ3v) is 6.35. The number of benzene rings is 1. The van der Waals surface area contributed by atoms with Gasteiger partial charge in [0, 0.05) is 6.20 Å². The third kappa shape index (κ3) is 4.04. The second-order valence-electron chi connectivity index (χ2n) is 6.82. The summed E-state index contributed by atoms with van der Waals surface area (Å²) in [7, 11) is -4.34. The number of carbonyl (C=O) groups is 1. The van der Waals surface area contributed by atoms with Gasteiger partial charge in [0.05, 0.1) is 34.1 Å². The number of aliphatic hydroxyl groups is 1. The van der Waals surface area contributed by atoms with Gasteiger partial charge in [-0.05, 0) is 30.3 Å². The van der Waals surface area contributed by atoms with Crippen LogP contribution in [0.3, 0.4) is 0 Å². The van der Waals surface area contributed by atoms with E-state index in [2.05, 4.69) is 4.98 Å². The third-order valence-electron chi connectivity index (χ3n) is 4.62. The Morgan fingerprint density at radius 3 is 2.06 bits per heavy atom. The first-order chi connectivity index (χ1) is 14.1. The van der Waals surface area contributed by atoms with E-state index in [0.29, 0.717) is 23.2 Å². The first-order valence-electron chi connectivity index (χ1n) is 8.32. The number of aromatic nitrogens is 1. The van der Waals surface area contributed by atoms with Crippen molar-refractivity contribution in [2.45, 2.75) is 27.7 Å². The van der Waals surface area contributed by atoms with Gasteiger partial charge in [0.1, 0.15) is 0 Å². The van der Waals surface area contributed by atoms with Crippen LogP contribution in [-0.4, -0.2) is 54.2 Å². The Morgan fingerprint density at radius 1 is 1.06 bits per heavy atom. The predicted molar refractivity (Wildman–Crippen MR) is 92.5 cm³/mol. The van der Waals surface area contributed by atoms with Gasteiger partial charge in [-0.25, -0.2) is 13.4 Å². The number of carbonyl (C=O) groups excluding carboxylic acids is 1. The Balaban J connectivity index is 1.83. The summed E-state index contributed by atoms with van der Waals surface area (Å²) in [5, 5.41) is 9.41. The number of hydrogen-bond donors (Lipinski definition) is 2. The van der Waals surface area contributed by atoms with Crippen LogP contribution in [-0.2, 0) is 16.0 Å². The molecule has 3 rings (SSSR count). The van der Waals surface area contributed by atoms with Crippen molar-refractivity contribution >= 4 is 21.4 Å². The van der Waals surface area contributed by atoms with E-state index >= 15 is 0 Å². The first-order valence-corrected chi connectivity index (χ1v) is 9.81. The van der Waals surface area contributed by atoms with Crippen molar-refractivity contribution in [1.29, 1.82) is 0 Å². The standard InChI is InChI=1S/C17H13F6N3O4S/c18-16(19,20)9-1-3-10(4-2-9)31(29,30)11-5-12(24)13(25-6-11)14(27)26-7-15(28,8-26)17(21,22)23/h1-6,28H,7-8,24H2. The van der Waals surface area contributed by atoms with E-state index in [1.54, 1.807) is 0 Å². The number of nitrogens with zero attached hydrogens (tertiary/aromatic N) is 2. The largest absolute Gasteiger partial charge is 0.420 e. The molecule has 168 valence electrons. The molecule has 3 N–H and O–H groups in total. The Hall–Kier alpha value is -2.87. The molecule has 0 spiro atoms. The first kappa shape index (κ1) is 22.8. The Kier molecular flexibility index (Phi) is 5.21. The molecule has 0 aliphatic carbocycles. The highest BCUT2D eigenvalue weighted by Crippen LogP contribution is 2.38. The maximum absolute atomic E-state index is 12.7. The van der Waals surface area contributed by atoms with E-state index in [4.69, 9.17) is 5.73 Å². The number of rotatable bonds is 3. The van der Waals surface area contributed by atoms with Crippen LogP contribution in [0, 0.1) is 0 Å². The lowest BCUT2D eigenvalue weighted by atomic mass is 9.93. The van der Waals surface area contributed by atoms with E-state index in [9.17, 15) is 44.7 Å². The van der Waals surface area contributed by atoms with Crippen molar-refractivity contribution in [2.24, 2.45) is 0 Å². The van der Waals surface area contributed by atoms with E-state index in [-0.39, 0.29) is 0 Å². The Labute approximate surface area is 171 Å². The smallest absolute Gasteiger partial charge is 0.397 e. The summed E-state index contributed by atoms with van der Waals surface area (Å²) in [6.07, 6.45) is -8.89. The molecule has 0 saturated carbocycles. The highest BCUT2D eigenvalue weighted by Gasteiger charge is 2.62. The van der Waals surface area contributed by atoms with E-state index in [1.807, 2.05) is 0 Å².